The van der Waals surface area contributed by atoms with E-state index in [9.17, 15) is 9.59 Å². The highest BCUT2D eigenvalue weighted by Crippen LogP contribution is 2.16. The first-order valence-corrected chi connectivity index (χ1v) is 8.65. The van der Waals surface area contributed by atoms with Crippen LogP contribution in [0.2, 0.25) is 0 Å². The van der Waals surface area contributed by atoms with Crippen molar-refractivity contribution in [1.82, 2.24) is 5.32 Å². The Morgan fingerprint density at radius 2 is 1.52 bits per heavy atom. The molecule has 136 valence electrons. The summed E-state index contributed by atoms with van der Waals surface area (Å²) in [7, 11) is 1.61. The summed E-state index contributed by atoms with van der Waals surface area (Å²) in [5, 5.41) is 2.88. The van der Waals surface area contributed by atoms with Crippen molar-refractivity contribution in [2.75, 3.05) is 7.11 Å². The van der Waals surface area contributed by atoms with Gasteiger partial charge < -0.3 is 10.1 Å². The van der Waals surface area contributed by atoms with Gasteiger partial charge in [0.05, 0.1) is 7.11 Å². The van der Waals surface area contributed by atoms with Gasteiger partial charge in [-0.3, -0.25) is 9.59 Å². The number of nitrogens with one attached hydrogen (secondary N) is 1. The molecule has 27 heavy (non-hydrogen) atoms. The van der Waals surface area contributed by atoms with Crippen molar-refractivity contribution in [3.05, 3.63) is 95.8 Å². The van der Waals surface area contributed by atoms with Crippen molar-refractivity contribution in [2.45, 2.75) is 13.1 Å². The number of methoxy groups -OCH3 is 1. The summed E-state index contributed by atoms with van der Waals surface area (Å²) in [6.45, 7) is 0.572. The van der Waals surface area contributed by atoms with Gasteiger partial charge in [0, 0.05) is 35.4 Å². The number of ether oxygens (including phenoxy) is 1. The van der Waals surface area contributed by atoms with Crippen molar-refractivity contribution in [2.24, 2.45) is 0 Å². The molecule has 5 heteroatoms. The Bertz CT molecular complexity index is 922. The average molecular weight is 361 g/mol. The first-order valence-electron chi connectivity index (χ1n) is 8.65. The van der Waals surface area contributed by atoms with Crippen molar-refractivity contribution >= 4 is 11.7 Å². The highest BCUT2D eigenvalue weighted by molar-refractivity contribution is 6.08. The molecule has 3 aromatic rings. The molecule has 1 aromatic heterocycles. The molecule has 0 saturated carbocycles. The lowest BCUT2D eigenvalue weighted by Gasteiger charge is -2.08. The highest BCUT2D eigenvalue weighted by atomic mass is 16.5. The minimum Gasteiger partial charge on any atom is -0.496 e. The monoisotopic (exact) mass is 361 g/mol. The molecule has 2 aromatic carbocycles. The van der Waals surface area contributed by atoms with Crippen LogP contribution >= 0.6 is 0 Å². The lowest BCUT2D eigenvalue weighted by Crippen LogP contribution is -2.42. The summed E-state index contributed by atoms with van der Waals surface area (Å²) in [5.74, 6) is 0.589. The van der Waals surface area contributed by atoms with E-state index in [1.54, 1.807) is 48.3 Å². The predicted octanol–water partition coefficient (Wildman–Crippen LogP) is 2.53. The van der Waals surface area contributed by atoms with Crippen molar-refractivity contribution in [3.63, 3.8) is 0 Å². The number of carbonyl (C=O) groups is 2. The van der Waals surface area contributed by atoms with Crippen molar-refractivity contribution < 1.29 is 18.9 Å². The zero-order valence-electron chi connectivity index (χ0n) is 15.1. The third-order valence-electron chi connectivity index (χ3n) is 4.18. The number of rotatable bonds is 7. The molecule has 3 rings (SSSR count). The molecule has 0 saturated heterocycles. The van der Waals surface area contributed by atoms with Gasteiger partial charge in [0.2, 0.25) is 6.54 Å². The molecule has 1 N–H and O–H groups in total. The van der Waals surface area contributed by atoms with Gasteiger partial charge in [0.25, 0.3) is 5.91 Å². The number of carbonyl (C=O) groups excluding carboxylic acids is 2. The predicted molar refractivity (Wildman–Crippen MR) is 101 cm³/mol. The third kappa shape index (κ3) is 4.79. The van der Waals surface area contributed by atoms with Crippen LogP contribution in [0.15, 0.2) is 79.1 Å². The number of amides is 1. The molecule has 0 aliphatic rings. The van der Waals surface area contributed by atoms with Crippen LogP contribution in [0.3, 0.4) is 0 Å². The van der Waals surface area contributed by atoms with Gasteiger partial charge in [0.15, 0.2) is 18.2 Å². The van der Waals surface area contributed by atoms with E-state index in [0.29, 0.717) is 17.7 Å². The maximum absolute atomic E-state index is 12.4. The van der Waals surface area contributed by atoms with Gasteiger partial charge in [-0.2, -0.15) is 4.57 Å². The molecule has 0 aliphatic heterocycles. The number of nitrogens with zero attached hydrogens (tertiary/aromatic N) is 1. The van der Waals surface area contributed by atoms with E-state index >= 15 is 0 Å². The number of benzene rings is 2. The van der Waals surface area contributed by atoms with E-state index in [-0.39, 0.29) is 18.2 Å². The second-order valence-electron chi connectivity index (χ2n) is 6.04. The van der Waals surface area contributed by atoms with Crippen LogP contribution in [0, 0.1) is 0 Å². The Morgan fingerprint density at radius 1 is 0.889 bits per heavy atom. The molecular formula is C22H21N2O3+. The maximum atomic E-state index is 12.4. The van der Waals surface area contributed by atoms with E-state index in [1.165, 1.54) is 0 Å². The largest absolute Gasteiger partial charge is 0.496 e. The molecule has 0 radical (unpaired) electrons. The Hall–Kier alpha value is -3.47. The molecular weight excluding hydrogens is 340 g/mol. The Kier molecular flexibility index (Phi) is 5.94. The molecule has 0 bridgehead atoms. The number of pyridine rings is 1. The first-order chi connectivity index (χ1) is 13.2. The standard InChI is InChI=1S/C22H20N2O3/c1-27-20-10-6-5-9-19(20)15-23-21(25)16-24-13-11-18(12-14-24)22(26)17-7-3-2-4-8-17/h2-14H,15-16H2,1H3/p+1. The zero-order chi connectivity index (χ0) is 19.1. The quantitative estimate of drug-likeness (QED) is 0.520. The molecule has 1 amide bonds. The summed E-state index contributed by atoms with van der Waals surface area (Å²) in [6.07, 6.45) is 3.47. The molecule has 0 fully saturated rings. The Morgan fingerprint density at radius 3 is 2.22 bits per heavy atom. The lowest BCUT2D eigenvalue weighted by molar-refractivity contribution is -0.684. The fourth-order valence-corrected chi connectivity index (χ4v) is 2.73. The van der Waals surface area contributed by atoms with Crippen LogP contribution in [0.25, 0.3) is 0 Å². The molecule has 5 nitrogen and oxygen atoms in total. The average Bonchev–Trinajstić information content (AvgIpc) is 2.73. The maximum Gasteiger partial charge on any atom is 0.286 e. The van der Waals surface area contributed by atoms with Gasteiger partial charge in [-0.05, 0) is 6.07 Å². The zero-order valence-corrected chi connectivity index (χ0v) is 15.1. The number of hydrogen-bond acceptors (Lipinski definition) is 3. The van der Waals surface area contributed by atoms with Crippen LogP contribution in [0.4, 0.5) is 0 Å². The van der Waals surface area contributed by atoms with E-state index in [4.69, 9.17) is 4.74 Å². The van der Waals surface area contributed by atoms with Crippen molar-refractivity contribution in [1.29, 1.82) is 0 Å². The first kappa shape index (κ1) is 18.3. The normalized spacial score (nSPS) is 10.3. The van der Waals surface area contributed by atoms with E-state index in [0.717, 1.165) is 11.3 Å². The lowest BCUT2D eigenvalue weighted by atomic mass is 10.0. The number of para-hydroxylation sites is 1. The molecule has 1 heterocycles. The minimum absolute atomic E-state index is 0.0385. The second-order valence-corrected chi connectivity index (χ2v) is 6.04. The SMILES string of the molecule is COc1ccccc1CNC(=O)C[n+]1ccc(C(=O)c2ccccc2)cc1. The topological polar surface area (TPSA) is 59.3 Å². The summed E-state index contributed by atoms with van der Waals surface area (Å²) in [5.41, 5.74) is 2.15. The Labute approximate surface area is 158 Å². The van der Waals surface area contributed by atoms with Gasteiger partial charge in [-0.15, -0.1) is 0 Å². The van der Waals surface area contributed by atoms with E-state index in [2.05, 4.69) is 5.32 Å². The summed E-state index contributed by atoms with van der Waals surface area (Å²) in [6, 6.07) is 20.1. The van der Waals surface area contributed by atoms with Crippen LogP contribution < -0.4 is 14.6 Å². The van der Waals surface area contributed by atoms with Gasteiger partial charge in [0.1, 0.15) is 5.75 Å². The van der Waals surface area contributed by atoms with Crippen LogP contribution in [0.5, 0.6) is 5.75 Å². The van der Waals surface area contributed by atoms with Crippen LogP contribution in [-0.2, 0) is 17.9 Å². The van der Waals surface area contributed by atoms with Crippen LogP contribution in [0.1, 0.15) is 21.5 Å². The highest BCUT2D eigenvalue weighted by Gasteiger charge is 2.13. The molecule has 0 aliphatic carbocycles. The van der Waals surface area contributed by atoms with Gasteiger partial charge >= 0.3 is 0 Å². The smallest absolute Gasteiger partial charge is 0.286 e. The third-order valence-corrected chi connectivity index (χ3v) is 4.18. The number of hydrogen-bond donors (Lipinski definition) is 1. The van der Waals surface area contributed by atoms with Gasteiger partial charge in [-0.25, -0.2) is 0 Å². The molecule has 0 atom stereocenters. The Balaban J connectivity index is 1.58. The second kappa shape index (κ2) is 8.76. The summed E-state index contributed by atoms with van der Waals surface area (Å²) >= 11 is 0. The van der Waals surface area contributed by atoms with Crippen LogP contribution in [-0.4, -0.2) is 18.8 Å². The minimum atomic E-state index is -0.118. The fourth-order valence-electron chi connectivity index (χ4n) is 2.73. The number of aromatic nitrogens is 1. The fraction of sp³-hybridized carbons (Fsp3) is 0.136. The number of ketones is 1. The molecule has 0 unspecified atom stereocenters. The van der Waals surface area contributed by atoms with E-state index in [1.807, 2.05) is 42.5 Å². The van der Waals surface area contributed by atoms with Gasteiger partial charge in [-0.1, -0.05) is 48.5 Å². The van der Waals surface area contributed by atoms with E-state index < -0.39 is 0 Å². The molecule has 0 spiro atoms. The summed E-state index contributed by atoms with van der Waals surface area (Å²) in [4.78, 5) is 24.6. The summed E-state index contributed by atoms with van der Waals surface area (Å²) < 4.78 is 7.01. The van der Waals surface area contributed by atoms with Crippen molar-refractivity contribution in [3.8, 4) is 5.75 Å².